The van der Waals surface area contributed by atoms with Gasteiger partial charge in [0.25, 0.3) is 0 Å². The van der Waals surface area contributed by atoms with E-state index in [1.807, 2.05) is 63.8 Å². The maximum absolute atomic E-state index is 13.9. The number of amides is 2. The highest BCUT2D eigenvalue weighted by Crippen LogP contribution is 2.35. The molecule has 1 atom stereocenters. The van der Waals surface area contributed by atoms with Gasteiger partial charge in [0.1, 0.15) is 5.69 Å². The molecule has 1 aliphatic rings. The van der Waals surface area contributed by atoms with Gasteiger partial charge in [-0.3, -0.25) is 34.5 Å². The van der Waals surface area contributed by atoms with Gasteiger partial charge in [-0.05, 0) is 70.9 Å². The van der Waals surface area contributed by atoms with E-state index >= 15 is 0 Å². The molecule has 1 unspecified atom stereocenters. The zero-order valence-electron chi connectivity index (χ0n) is 33.1. The zero-order chi connectivity index (χ0) is 39.9. The summed E-state index contributed by atoms with van der Waals surface area (Å²) in [7, 11) is 2.07. The average molecular weight is 734 g/mol. The summed E-state index contributed by atoms with van der Waals surface area (Å²) in [5.74, 6) is -0.00804. The van der Waals surface area contributed by atoms with Gasteiger partial charge in [-0.25, -0.2) is 0 Å². The van der Waals surface area contributed by atoms with Crippen molar-refractivity contribution in [3.8, 4) is 24.1 Å². The third-order valence-electron chi connectivity index (χ3n) is 9.14. The predicted octanol–water partition coefficient (Wildman–Crippen LogP) is 4.89. The Morgan fingerprint density at radius 1 is 1.09 bits per heavy atom. The second kappa shape index (κ2) is 23.9. The summed E-state index contributed by atoms with van der Waals surface area (Å²) < 4.78 is 0. The third kappa shape index (κ3) is 12.8. The number of likely N-dealkylation sites (N-methyl/N-ethyl adjacent to an activating group) is 2. The van der Waals surface area contributed by atoms with Crippen LogP contribution in [0.4, 0.5) is 0 Å². The van der Waals surface area contributed by atoms with Crippen molar-refractivity contribution in [3.63, 3.8) is 0 Å². The molecular formula is C43H59N9O2. The molecule has 2 amide bonds. The Hall–Kier alpha value is -5.60. The smallest absolute Gasteiger partial charge is 0.236 e. The van der Waals surface area contributed by atoms with E-state index in [9.17, 15) is 9.59 Å². The summed E-state index contributed by atoms with van der Waals surface area (Å²) in [5.41, 5.74) is 3.63. The Balaban J connectivity index is 0.00000244. The lowest BCUT2D eigenvalue weighted by atomic mass is 9.82. The molecule has 1 aliphatic heterocycles. The minimum atomic E-state index is -0.689. The van der Waals surface area contributed by atoms with Crippen LogP contribution >= 0.6 is 0 Å². The fourth-order valence-electron chi connectivity index (χ4n) is 6.25. The van der Waals surface area contributed by atoms with Crippen molar-refractivity contribution in [2.24, 2.45) is 5.41 Å². The Labute approximate surface area is 322 Å². The average Bonchev–Trinajstić information content (AvgIpc) is 3.79. The topological polar surface area (TPSA) is 123 Å². The second-order valence-electron chi connectivity index (χ2n) is 12.5. The summed E-state index contributed by atoms with van der Waals surface area (Å²) in [6.45, 7) is 21.5. The monoisotopic (exact) mass is 733 g/mol. The summed E-state index contributed by atoms with van der Waals surface area (Å²) in [4.78, 5) is 46.2. The number of likely N-dealkylation sites (tertiary alicyclic amines) is 1. The van der Waals surface area contributed by atoms with Crippen LogP contribution in [0.3, 0.4) is 0 Å². The molecule has 0 aliphatic carbocycles. The molecule has 1 saturated heterocycles. The van der Waals surface area contributed by atoms with Crippen molar-refractivity contribution in [3.05, 3.63) is 108 Å². The number of nitrogens with zero attached hydrogens (tertiary/aromatic N) is 7. The number of hydrogen-bond acceptors (Lipinski definition) is 8. The zero-order valence-corrected chi connectivity index (χ0v) is 33.1. The minimum absolute atomic E-state index is 0.0779. The largest absolute Gasteiger partial charge is 0.375 e. The number of carbonyl (C=O) groups excluding carboxylic acids is 2. The molecule has 54 heavy (non-hydrogen) atoms. The summed E-state index contributed by atoms with van der Waals surface area (Å²) in [6, 6.07) is 3.77. The van der Waals surface area contributed by atoms with Crippen LogP contribution in [0.2, 0.25) is 0 Å². The first-order chi connectivity index (χ1) is 26.2. The van der Waals surface area contributed by atoms with Crippen LogP contribution in [0.1, 0.15) is 59.6 Å². The van der Waals surface area contributed by atoms with Gasteiger partial charge in [0.05, 0.1) is 23.0 Å². The first-order valence-corrected chi connectivity index (χ1v) is 18.6. The number of hydrogen-bond donors (Lipinski definition) is 2. The molecule has 1 fully saturated rings. The number of terminal acetylenes is 1. The van der Waals surface area contributed by atoms with Gasteiger partial charge in [0.2, 0.25) is 11.8 Å². The first-order valence-electron chi connectivity index (χ1n) is 18.6. The first kappa shape index (κ1) is 44.6. The molecule has 0 radical (unpaired) electrons. The standard InChI is InChI=1S/C39H51N9O2.C2H6.C2H2/c1-7-17-39(38(50)43-32(8-2)26-35-30(5)44-45-37(35)31-15-19-40-20-16-31)18-25-47(29-39)28-36(49)48(10-4)24-12-23-46(6)34(9-3)14-11-13-33-27-41-21-22-42-33;2*1-2/h7-9,11,14-16,19-22,26-27,44H,1,5,10,12-13,17-18,23-25,28-29H2,2-4,6H3,(H,43,50);1-2H3;1-2H/b14-11-,32-8+,34-9+,35-26+;;. The molecule has 0 spiro atoms. The van der Waals surface area contributed by atoms with Gasteiger partial charge in [-0.1, -0.05) is 44.7 Å². The van der Waals surface area contributed by atoms with E-state index in [1.54, 1.807) is 37.1 Å². The normalized spacial score (nSPS) is 16.2. The van der Waals surface area contributed by atoms with Gasteiger partial charge in [0.15, 0.2) is 0 Å². The van der Waals surface area contributed by atoms with Crippen LogP contribution in [0.5, 0.6) is 0 Å². The quantitative estimate of drug-likeness (QED) is 0.114. The highest BCUT2D eigenvalue weighted by atomic mass is 16.2. The molecule has 0 bridgehead atoms. The molecule has 288 valence electrons. The number of aromatic amines is 1. The van der Waals surface area contributed by atoms with Crippen LogP contribution in [0.25, 0.3) is 23.9 Å². The summed E-state index contributed by atoms with van der Waals surface area (Å²) in [6.07, 6.45) is 31.1. The molecule has 11 nitrogen and oxygen atoms in total. The fourth-order valence-corrected chi connectivity index (χ4v) is 6.25. The molecule has 2 N–H and O–H groups in total. The van der Waals surface area contributed by atoms with Crippen molar-refractivity contribution in [1.82, 2.24) is 45.2 Å². The molecule has 0 aromatic carbocycles. The van der Waals surface area contributed by atoms with Crippen molar-refractivity contribution >= 4 is 24.5 Å². The van der Waals surface area contributed by atoms with Gasteiger partial charge < -0.3 is 15.1 Å². The Kier molecular flexibility index (Phi) is 19.7. The van der Waals surface area contributed by atoms with Gasteiger partial charge in [-0.2, -0.15) is 5.10 Å². The fraction of sp³-hybridized carbons (Fsp3) is 0.395. The van der Waals surface area contributed by atoms with Crippen LogP contribution in [-0.2, 0) is 16.0 Å². The van der Waals surface area contributed by atoms with Gasteiger partial charge >= 0.3 is 0 Å². The van der Waals surface area contributed by atoms with Crippen molar-refractivity contribution in [2.75, 3.05) is 46.3 Å². The number of aromatic nitrogens is 5. The molecule has 4 heterocycles. The molecule has 3 aromatic rings. The van der Waals surface area contributed by atoms with Gasteiger partial charge in [0, 0.05) is 92.8 Å². The third-order valence-corrected chi connectivity index (χ3v) is 9.14. The van der Waals surface area contributed by atoms with E-state index in [0.29, 0.717) is 50.1 Å². The van der Waals surface area contributed by atoms with E-state index in [1.165, 1.54) is 0 Å². The lowest BCUT2D eigenvalue weighted by molar-refractivity contribution is -0.133. The molecule has 4 rings (SSSR count). The molecule has 0 saturated carbocycles. The number of pyridine rings is 1. The van der Waals surface area contributed by atoms with Crippen molar-refractivity contribution in [2.45, 2.75) is 60.3 Å². The van der Waals surface area contributed by atoms with Crippen LogP contribution in [-0.4, -0.2) is 98.0 Å². The predicted molar refractivity (Wildman–Crippen MR) is 221 cm³/mol. The van der Waals surface area contributed by atoms with Crippen LogP contribution < -0.4 is 15.9 Å². The SMILES string of the molecule is C#C.C=CCC1(C(=O)NC(/C=c2/c(-c3ccncc3)n[nH]c2=C)=C/C)CCN(CC(=O)N(CC)CCCN(C)C(/C=C\Cc2cnccn2)=C/C)C1.CC. The second-order valence-corrected chi connectivity index (χ2v) is 12.5. The lowest BCUT2D eigenvalue weighted by Crippen LogP contribution is -2.45. The molecular weight excluding hydrogens is 675 g/mol. The summed E-state index contributed by atoms with van der Waals surface area (Å²) in [5, 5.41) is 12.0. The van der Waals surface area contributed by atoms with E-state index in [-0.39, 0.29) is 18.4 Å². The van der Waals surface area contributed by atoms with E-state index in [2.05, 4.69) is 91.5 Å². The van der Waals surface area contributed by atoms with Crippen molar-refractivity contribution < 1.29 is 9.59 Å². The number of rotatable bonds is 17. The number of allylic oxidation sites excluding steroid dienone is 6. The Morgan fingerprint density at radius 2 is 1.83 bits per heavy atom. The lowest BCUT2D eigenvalue weighted by Gasteiger charge is -2.29. The minimum Gasteiger partial charge on any atom is -0.375 e. The van der Waals surface area contributed by atoms with Crippen LogP contribution in [0, 0.1) is 18.3 Å². The van der Waals surface area contributed by atoms with Gasteiger partial charge in [-0.15, -0.1) is 19.4 Å². The molecule has 3 aromatic heterocycles. The molecule has 11 heteroatoms. The number of H-pyrrole nitrogens is 1. The summed E-state index contributed by atoms with van der Waals surface area (Å²) >= 11 is 0. The van der Waals surface area contributed by atoms with E-state index < -0.39 is 5.41 Å². The maximum atomic E-state index is 13.9. The maximum Gasteiger partial charge on any atom is 0.236 e. The van der Waals surface area contributed by atoms with E-state index in [4.69, 9.17) is 0 Å². The van der Waals surface area contributed by atoms with Crippen molar-refractivity contribution in [1.29, 1.82) is 0 Å². The van der Waals surface area contributed by atoms with E-state index in [0.717, 1.165) is 47.3 Å². The highest BCUT2D eigenvalue weighted by Gasteiger charge is 2.44. The number of carbonyl (C=O) groups is 2. The Morgan fingerprint density at radius 3 is 2.46 bits per heavy atom. The Bertz CT molecular complexity index is 1830. The van der Waals surface area contributed by atoms with Crippen LogP contribution in [0.15, 0.2) is 91.5 Å². The highest BCUT2D eigenvalue weighted by molar-refractivity contribution is 5.87. The number of nitrogens with one attached hydrogen (secondary N) is 2.